The summed E-state index contributed by atoms with van der Waals surface area (Å²) in [6.45, 7) is 4.03. The van der Waals surface area contributed by atoms with Gasteiger partial charge in [-0.2, -0.15) is 4.98 Å². The van der Waals surface area contributed by atoms with E-state index in [1.165, 1.54) is 21.3 Å². The molecule has 2 aromatic heterocycles. The van der Waals surface area contributed by atoms with Crippen LogP contribution in [0.15, 0.2) is 18.5 Å². The van der Waals surface area contributed by atoms with Gasteiger partial charge in [0, 0.05) is 18.4 Å². The average molecular weight is 305 g/mol. The molecular formula is C15H19N3O4. The third-order valence-corrected chi connectivity index (χ3v) is 3.21. The SMILES string of the molecule is COC(=O)c1cc(-c2cnc(OC)nc2OC)n(C(C)C)c1. The topological polar surface area (TPSA) is 75.5 Å². The Morgan fingerprint density at radius 2 is 1.95 bits per heavy atom. The van der Waals surface area contributed by atoms with Crippen molar-refractivity contribution >= 4 is 5.97 Å². The van der Waals surface area contributed by atoms with Crippen molar-refractivity contribution in [3.05, 3.63) is 24.0 Å². The van der Waals surface area contributed by atoms with Crippen LogP contribution in [0, 0.1) is 0 Å². The van der Waals surface area contributed by atoms with Crippen LogP contribution >= 0.6 is 0 Å². The number of nitrogens with zero attached hydrogens (tertiary/aromatic N) is 3. The fourth-order valence-corrected chi connectivity index (χ4v) is 2.13. The Morgan fingerprint density at radius 3 is 2.50 bits per heavy atom. The monoisotopic (exact) mass is 305 g/mol. The van der Waals surface area contributed by atoms with Gasteiger partial charge in [0.05, 0.1) is 38.2 Å². The first-order chi connectivity index (χ1) is 10.5. The van der Waals surface area contributed by atoms with Crippen LogP contribution < -0.4 is 9.47 Å². The van der Waals surface area contributed by atoms with Gasteiger partial charge in [0.15, 0.2) is 0 Å². The minimum atomic E-state index is -0.394. The van der Waals surface area contributed by atoms with Crippen LogP contribution in [0.1, 0.15) is 30.2 Å². The number of aromatic nitrogens is 3. The van der Waals surface area contributed by atoms with E-state index in [0.717, 1.165) is 5.69 Å². The highest BCUT2D eigenvalue weighted by Crippen LogP contribution is 2.32. The van der Waals surface area contributed by atoms with Gasteiger partial charge in [0.25, 0.3) is 0 Å². The zero-order chi connectivity index (χ0) is 16.3. The van der Waals surface area contributed by atoms with E-state index in [1.807, 2.05) is 18.4 Å². The maximum absolute atomic E-state index is 11.8. The number of hydrogen-bond acceptors (Lipinski definition) is 6. The molecule has 0 aliphatic heterocycles. The van der Waals surface area contributed by atoms with Crippen molar-refractivity contribution in [3.8, 4) is 23.1 Å². The maximum atomic E-state index is 11.8. The van der Waals surface area contributed by atoms with Crippen molar-refractivity contribution in [2.75, 3.05) is 21.3 Å². The van der Waals surface area contributed by atoms with E-state index in [2.05, 4.69) is 9.97 Å². The highest BCUT2D eigenvalue weighted by molar-refractivity contribution is 5.91. The summed E-state index contributed by atoms with van der Waals surface area (Å²) in [5, 5.41) is 0. The fourth-order valence-electron chi connectivity index (χ4n) is 2.13. The van der Waals surface area contributed by atoms with E-state index >= 15 is 0 Å². The molecule has 0 spiro atoms. The van der Waals surface area contributed by atoms with Crippen molar-refractivity contribution < 1.29 is 19.0 Å². The van der Waals surface area contributed by atoms with Crippen molar-refractivity contribution in [2.45, 2.75) is 19.9 Å². The molecule has 0 fully saturated rings. The molecule has 2 rings (SSSR count). The molecular weight excluding hydrogens is 286 g/mol. The van der Waals surface area contributed by atoms with Gasteiger partial charge in [-0.05, 0) is 19.9 Å². The highest BCUT2D eigenvalue weighted by atomic mass is 16.5. The zero-order valence-corrected chi connectivity index (χ0v) is 13.3. The predicted octanol–water partition coefficient (Wildman–Crippen LogP) is 2.33. The van der Waals surface area contributed by atoms with Crippen molar-refractivity contribution in [1.82, 2.24) is 14.5 Å². The smallest absolute Gasteiger partial charge is 0.339 e. The molecule has 2 aromatic rings. The minimum Gasteiger partial charge on any atom is -0.480 e. The summed E-state index contributed by atoms with van der Waals surface area (Å²) >= 11 is 0. The van der Waals surface area contributed by atoms with E-state index in [0.29, 0.717) is 17.0 Å². The van der Waals surface area contributed by atoms with Crippen LogP contribution in [-0.2, 0) is 4.74 Å². The molecule has 7 nitrogen and oxygen atoms in total. The second kappa shape index (κ2) is 6.46. The molecule has 0 saturated carbocycles. The molecule has 2 heterocycles. The Hall–Kier alpha value is -2.57. The van der Waals surface area contributed by atoms with E-state index in [9.17, 15) is 4.79 Å². The third kappa shape index (κ3) is 2.88. The first-order valence-corrected chi connectivity index (χ1v) is 6.77. The van der Waals surface area contributed by atoms with E-state index in [1.54, 1.807) is 18.5 Å². The lowest BCUT2D eigenvalue weighted by Gasteiger charge is -2.14. The van der Waals surface area contributed by atoms with Gasteiger partial charge in [0.1, 0.15) is 0 Å². The lowest BCUT2D eigenvalue weighted by Crippen LogP contribution is -2.04. The second-order valence-electron chi connectivity index (χ2n) is 4.89. The van der Waals surface area contributed by atoms with Crippen LogP contribution in [-0.4, -0.2) is 41.8 Å². The molecule has 22 heavy (non-hydrogen) atoms. The molecule has 0 aromatic carbocycles. The standard InChI is InChI=1S/C15H19N3O4/c1-9(2)18-8-10(14(19)21-4)6-12(18)11-7-16-15(22-5)17-13(11)20-3/h6-9H,1-5H3. The maximum Gasteiger partial charge on any atom is 0.339 e. The molecule has 0 N–H and O–H groups in total. The zero-order valence-electron chi connectivity index (χ0n) is 13.3. The molecule has 0 amide bonds. The van der Waals surface area contributed by atoms with Gasteiger partial charge in [-0.25, -0.2) is 9.78 Å². The summed E-state index contributed by atoms with van der Waals surface area (Å²) in [4.78, 5) is 20.1. The predicted molar refractivity (Wildman–Crippen MR) is 80.3 cm³/mol. The van der Waals surface area contributed by atoms with Gasteiger partial charge >= 0.3 is 12.0 Å². The normalized spacial score (nSPS) is 10.6. The molecule has 7 heteroatoms. The van der Waals surface area contributed by atoms with Gasteiger partial charge < -0.3 is 18.8 Å². The molecule has 0 aliphatic carbocycles. The number of carbonyl (C=O) groups excluding carboxylic acids is 1. The van der Waals surface area contributed by atoms with Gasteiger partial charge in [-0.15, -0.1) is 0 Å². The summed E-state index contributed by atoms with van der Waals surface area (Å²) < 4.78 is 17.0. The minimum absolute atomic E-state index is 0.139. The number of esters is 1. The van der Waals surface area contributed by atoms with Gasteiger partial charge in [0.2, 0.25) is 5.88 Å². The Morgan fingerprint density at radius 1 is 1.23 bits per heavy atom. The van der Waals surface area contributed by atoms with Gasteiger partial charge in [-0.3, -0.25) is 0 Å². The summed E-state index contributed by atoms with van der Waals surface area (Å²) in [5.74, 6) is -0.0164. The van der Waals surface area contributed by atoms with Crippen LogP contribution in [0.2, 0.25) is 0 Å². The van der Waals surface area contributed by atoms with E-state index in [4.69, 9.17) is 14.2 Å². The first kappa shape index (κ1) is 15.8. The van der Waals surface area contributed by atoms with E-state index in [-0.39, 0.29) is 12.1 Å². The Labute approximate surface area is 128 Å². The summed E-state index contributed by atoms with van der Waals surface area (Å²) in [6, 6.07) is 2.09. The highest BCUT2D eigenvalue weighted by Gasteiger charge is 2.19. The number of ether oxygens (including phenoxy) is 3. The Bertz CT molecular complexity index is 679. The summed E-state index contributed by atoms with van der Waals surface area (Å²) in [6.07, 6.45) is 3.36. The number of methoxy groups -OCH3 is 3. The number of rotatable bonds is 5. The Kier molecular flexibility index (Phi) is 4.65. The number of carbonyl (C=O) groups is 1. The third-order valence-electron chi connectivity index (χ3n) is 3.21. The van der Waals surface area contributed by atoms with Crippen LogP contribution in [0.25, 0.3) is 11.3 Å². The second-order valence-corrected chi connectivity index (χ2v) is 4.89. The lowest BCUT2D eigenvalue weighted by molar-refractivity contribution is 0.0600. The lowest BCUT2D eigenvalue weighted by atomic mass is 10.2. The Balaban J connectivity index is 2.60. The largest absolute Gasteiger partial charge is 0.480 e. The first-order valence-electron chi connectivity index (χ1n) is 6.77. The fraction of sp³-hybridized carbons (Fsp3) is 0.400. The van der Waals surface area contributed by atoms with E-state index < -0.39 is 5.97 Å². The summed E-state index contributed by atoms with van der Waals surface area (Å²) in [7, 11) is 4.36. The molecule has 0 saturated heterocycles. The average Bonchev–Trinajstić information content (AvgIpc) is 2.98. The van der Waals surface area contributed by atoms with Crippen LogP contribution in [0.3, 0.4) is 0 Å². The molecule has 0 atom stereocenters. The van der Waals surface area contributed by atoms with Crippen molar-refractivity contribution in [3.63, 3.8) is 0 Å². The number of hydrogen-bond donors (Lipinski definition) is 0. The van der Waals surface area contributed by atoms with Crippen LogP contribution in [0.4, 0.5) is 0 Å². The summed E-state index contributed by atoms with van der Waals surface area (Å²) in [5.41, 5.74) is 1.91. The van der Waals surface area contributed by atoms with Gasteiger partial charge in [-0.1, -0.05) is 0 Å². The molecule has 0 unspecified atom stereocenters. The quantitative estimate of drug-likeness (QED) is 0.789. The molecule has 0 radical (unpaired) electrons. The van der Waals surface area contributed by atoms with Crippen LogP contribution in [0.5, 0.6) is 11.9 Å². The molecule has 0 aliphatic rings. The van der Waals surface area contributed by atoms with Crippen molar-refractivity contribution in [2.24, 2.45) is 0 Å². The molecule has 118 valence electrons. The molecule has 0 bridgehead atoms. The van der Waals surface area contributed by atoms with Crippen molar-refractivity contribution in [1.29, 1.82) is 0 Å².